The third kappa shape index (κ3) is 2.82. The van der Waals surface area contributed by atoms with Gasteiger partial charge in [0.1, 0.15) is 5.01 Å². The molecule has 2 rings (SSSR count). The summed E-state index contributed by atoms with van der Waals surface area (Å²) in [5, 5.41) is 3.09. The number of hydrogen-bond acceptors (Lipinski definition) is 5. The van der Waals surface area contributed by atoms with Gasteiger partial charge in [-0.25, -0.2) is 9.87 Å². The lowest BCUT2D eigenvalue weighted by molar-refractivity contribution is -0.160. The van der Waals surface area contributed by atoms with Crippen molar-refractivity contribution in [2.45, 2.75) is 11.8 Å². The number of hydrogen-bond donors (Lipinski definition) is 0. The Morgan fingerprint density at radius 3 is 2.56 bits per heavy atom. The Morgan fingerprint density at radius 2 is 2.00 bits per heavy atom. The zero-order valence-electron chi connectivity index (χ0n) is 8.97. The van der Waals surface area contributed by atoms with Crippen LogP contribution in [0.15, 0.2) is 34.5 Å². The molecule has 3 nitrogen and oxygen atoms in total. The van der Waals surface area contributed by atoms with Crippen molar-refractivity contribution in [3.63, 3.8) is 0 Å². The van der Waals surface area contributed by atoms with Crippen molar-refractivity contribution in [2.24, 2.45) is 0 Å². The quantitative estimate of drug-likeness (QED) is 0.472. The average Bonchev–Trinajstić information content (AvgIpc) is 2.74. The summed E-state index contributed by atoms with van der Waals surface area (Å²) in [5.74, 6) is 0. The van der Waals surface area contributed by atoms with E-state index >= 15 is 0 Å². The van der Waals surface area contributed by atoms with Gasteiger partial charge in [0.15, 0.2) is 0 Å². The van der Waals surface area contributed by atoms with E-state index in [1.54, 1.807) is 11.3 Å². The molecule has 1 aromatic carbocycles. The highest BCUT2D eigenvalue weighted by molar-refractivity contribution is 7.94. The lowest BCUT2D eigenvalue weighted by Gasteiger charge is -2.00. The second-order valence-electron chi connectivity index (χ2n) is 3.14. The summed E-state index contributed by atoms with van der Waals surface area (Å²) in [5.41, 5.74) is 2.18. The third-order valence-electron chi connectivity index (χ3n) is 1.92. The van der Waals surface area contributed by atoms with E-state index in [2.05, 4.69) is 9.87 Å². The molecule has 84 valence electrons. The van der Waals surface area contributed by atoms with Crippen LogP contribution in [0.25, 0.3) is 10.6 Å². The molecule has 16 heavy (non-hydrogen) atoms. The zero-order valence-corrected chi connectivity index (χ0v) is 10.6. The fourth-order valence-corrected chi connectivity index (χ4v) is 2.41. The van der Waals surface area contributed by atoms with E-state index < -0.39 is 0 Å². The molecule has 1 heterocycles. The number of rotatable bonds is 4. The highest BCUT2D eigenvalue weighted by atomic mass is 32.2. The Hall–Kier alpha value is -0.880. The van der Waals surface area contributed by atoms with E-state index in [0.717, 1.165) is 21.2 Å². The van der Waals surface area contributed by atoms with Crippen LogP contribution in [0.2, 0.25) is 0 Å². The monoisotopic (exact) mass is 253 g/mol. The Balaban J connectivity index is 2.13. The minimum Gasteiger partial charge on any atom is -0.241 e. The van der Waals surface area contributed by atoms with E-state index in [1.165, 1.54) is 19.2 Å². The molecule has 0 saturated heterocycles. The van der Waals surface area contributed by atoms with E-state index in [1.807, 2.05) is 36.6 Å². The normalized spacial score (nSPS) is 10.6. The van der Waals surface area contributed by atoms with Crippen molar-refractivity contribution in [3.8, 4) is 10.6 Å². The van der Waals surface area contributed by atoms with Gasteiger partial charge >= 0.3 is 0 Å². The predicted octanol–water partition coefficient (Wildman–Crippen LogP) is 3.70. The van der Waals surface area contributed by atoms with Crippen LogP contribution in [-0.4, -0.2) is 12.1 Å². The standard InChI is InChI=1S/C11H11NO2S2/c1-8-7-15-11(12-8)9-3-5-10(6-4-9)16-14-13-2/h3-7H,1-2H3. The molecule has 2 aromatic rings. The van der Waals surface area contributed by atoms with Gasteiger partial charge in [0.05, 0.1) is 19.2 Å². The number of aromatic nitrogens is 1. The van der Waals surface area contributed by atoms with E-state index in [-0.39, 0.29) is 0 Å². The van der Waals surface area contributed by atoms with Crippen LogP contribution in [0.3, 0.4) is 0 Å². The SMILES string of the molecule is COOSc1ccc(-c2nc(C)cs2)cc1. The highest BCUT2D eigenvalue weighted by Crippen LogP contribution is 2.26. The largest absolute Gasteiger partial charge is 0.241 e. The first-order chi connectivity index (χ1) is 7.79. The first-order valence-corrected chi connectivity index (χ1v) is 6.31. The van der Waals surface area contributed by atoms with Crippen LogP contribution in [0.4, 0.5) is 0 Å². The van der Waals surface area contributed by atoms with E-state index in [0.29, 0.717) is 0 Å². The molecule has 0 radical (unpaired) electrons. The van der Waals surface area contributed by atoms with E-state index in [4.69, 9.17) is 4.33 Å². The molecule has 0 atom stereocenters. The summed E-state index contributed by atoms with van der Waals surface area (Å²) in [6.45, 7) is 2.00. The third-order valence-corrected chi connectivity index (χ3v) is 3.60. The smallest absolute Gasteiger partial charge is 0.123 e. The summed E-state index contributed by atoms with van der Waals surface area (Å²) in [6, 6.07) is 8.02. The average molecular weight is 253 g/mol. The zero-order chi connectivity index (χ0) is 11.4. The Morgan fingerprint density at radius 1 is 1.25 bits per heavy atom. The van der Waals surface area contributed by atoms with Crippen LogP contribution in [0, 0.1) is 6.92 Å². The van der Waals surface area contributed by atoms with Crippen molar-refractivity contribution in [1.29, 1.82) is 0 Å². The van der Waals surface area contributed by atoms with Gasteiger partial charge in [-0.1, -0.05) is 12.1 Å². The molecule has 0 aliphatic rings. The Labute approximate surface area is 103 Å². The van der Waals surface area contributed by atoms with Gasteiger partial charge in [-0.2, -0.15) is 4.33 Å². The van der Waals surface area contributed by atoms with Crippen LogP contribution in [0.5, 0.6) is 0 Å². The van der Waals surface area contributed by atoms with Gasteiger partial charge in [0.2, 0.25) is 0 Å². The maximum Gasteiger partial charge on any atom is 0.123 e. The van der Waals surface area contributed by atoms with Gasteiger partial charge in [0.25, 0.3) is 0 Å². The molecule has 0 aliphatic heterocycles. The second-order valence-corrected chi connectivity index (χ2v) is 4.77. The van der Waals surface area contributed by atoms with Gasteiger partial charge < -0.3 is 0 Å². The molecule has 0 amide bonds. The highest BCUT2D eigenvalue weighted by Gasteiger charge is 2.02. The molecule has 0 N–H and O–H groups in total. The molecular weight excluding hydrogens is 242 g/mol. The fourth-order valence-electron chi connectivity index (χ4n) is 1.21. The molecule has 0 bridgehead atoms. The van der Waals surface area contributed by atoms with Gasteiger partial charge in [0, 0.05) is 21.5 Å². The Kier molecular flexibility index (Phi) is 3.95. The minimum absolute atomic E-state index is 0.999. The predicted molar refractivity (Wildman–Crippen MR) is 66.2 cm³/mol. The summed E-state index contributed by atoms with van der Waals surface area (Å²) in [7, 11) is 1.49. The maximum atomic E-state index is 4.77. The summed E-state index contributed by atoms with van der Waals surface area (Å²) >= 11 is 2.84. The van der Waals surface area contributed by atoms with Crippen LogP contribution in [0.1, 0.15) is 5.69 Å². The number of thiazole rings is 1. The van der Waals surface area contributed by atoms with Crippen LogP contribution < -0.4 is 0 Å². The Bertz CT molecular complexity index is 453. The molecule has 0 fully saturated rings. The molecular formula is C11H11NO2S2. The maximum absolute atomic E-state index is 4.77. The topological polar surface area (TPSA) is 31.4 Å². The first kappa shape index (κ1) is 11.6. The molecule has 0 aliphatic carbocycles. The van der Waals surface area contributed by atoms with Gasteiger partial charge in [-0.3, -0.25) is 0 Å². The van der Waals surface area contributed by atoms with E-state index in [9.17, 15) is 0 Å². The molecule has 5 heteroatoms. The fraction of sp³-hybridized carbons (Fsp3) is 0.182. The van der Waals surface area contributed by atoms with Crippen molar-refractivity contribution in [3.05, 3.63) is 35.3 Å². The number of nitrogens with zero attached hydrogens (tertiary/aromatic N) is 1. The summed E-state index contributed by atoms with van der Waals surface area (Å²) < 4.78 is 4.77. The van der Waals surface area contributed by atoms with Crippen molar-refractivity contribution >= 4 is 23.4 Å². The van der Waals surface area contributed by atoms with Gasteiger partial charge in [-0.15, -0.1) is 11.3 Å². The molecule has 0 spiro atoms. The first-order valence-electron chi connectivity index (χ1n) is 4.69. The number of aryl methyl sites for hydroxylation is 1. The lowest BCUT2D eigenvalue weighted by Crippen LogP contribution is -1.80. The van der Waals surface area contributed by atoms with Crippen molar-refractivity contribution < 1.29 is 9.22 Å². The lowest BCUT2D eigenvalue weighted by atomic mass is 10.2. The number of benzene rings is 1. The van der Waals surface area contributed by atoms with Crippen molar-refractivity contribution in [2.75, 3.05) is 7.11 Å². The summed E-state index contributed by atoms with van der Waals surface area (Å²) in [4.78, 5) is 9.94. The second kappa shape index (κ2) is 5.45. The van der Waals surface area contributed by atoms with Crippen LogP contribution in [-0.2, 0) is 9.22 Å². The summed E-state index contributed by atoms with van der Waals surface area (Å²) in [6.07, 6.45) is 0. The van der Waals surface area contributed by atoms with Crippen LogP contribution >= 0.6 is 23.4 Å². The van der Waals surface area contributed by atoms with Gasteiger partial charge in [-0.05, 0) is 19.1 Å². The molecule has 0 saturated carbocycles. The molecule has 0 unspecified atom stereocenters. The molecule has 1 aromatic heterocycles. The van der Waals surface area contributed by atoms with Crippen molar-refractivity contribution in [1.82, 2.24) is 4.98 Å². The minimum atomic E-state index is 0.999.